The second-order valence-corrected chi connectivity index (χ2v) is 7.44. The lowest BCUT2D eigenvalue weighted by Crippen LogP contribution is -2.42. The van der Waals surface area contributed by atoms with Crippen molar-refractivity contribution in [3.8, 4) is 0 Å². The fourth-order valence-electron chi connectivity index (χ4n) is 3.54. The van der Waals surface area contributed by atoms with Crippen molar-refractivity contribution in [1.29, 1.82) is 0 Å². The lowest BCUT2D eigenvalue weighted by molar-refractivity contribution is 0.0315. The molecule has 9 heteroatoms. The Morgan fingerprint density at radius 2 is 2.07 bits per heavy atom. The van der Waals surface area contributed by atoms with Gasteiger partial charge in [0.15, 0.2) is 11.8 Å². The van der Waals surface area contributed by atoms with Crippen LogP contribution in [0.15, 0.2) is 9.52 Å². The molecule has 0 spiro atoms. The van der Waals surface area contributed by atoms with Crippen LogP contribution in [0.1, 0.15) is 37.9 Å². The van der Waals surface area contributed by atoms with Crippen LogP contribution in [0.4, 0.5) is 0 Å². The van der Waals surface area contributed by atoms with Gasteiger partial charge in [-0.1, -0.05) is 19.0 Å². The Hall–Kier alpha value is -0.940. The van der Waals surface area contributed by atoms with E-state index in [-0.39, 0.29) is 24.0 Å². The number of hydrogen-bond acceptors (Lipinski definition) is 6. The van der Waals surface area contributed by atoms with Crippen molar-refractivity contribution < 1.29 is 9.26 Å². The number of morpholine rings is 1. The lowest BCUT2D eigenvalue weighted by Gasteiger charge is -2.29. The van der Waals surface area contributed by atoms with Gasteiger partial charge in [0, 0.05) is 58.7 Å². The molecule has 1 N–H and O–H groups in total. The molecule has 3 heterocycles. The maximum Gasteiger partial charge on any atom is 0.228 e. The van der Waals surface area contributed by atoms with Gasteiger partial charge in [0.05, 0.1) is 13.2 Å². The Bertz CT molecular complexity index is 588. The quantitative estimate of drug-likeness (QED) is 0.367. The molecule has 2 fully saturated rings. The van der Waals surface area contributed by atoms with Crippen LogP contribution in [0.2, 0.25) is 0 Å². The SMILES string of the molecule is CN=C(NCCc1nc(C(C)C)no1)N1CCC(CN2CCOCC2)C1.I. The maximum absolute atomic E-state index is 5.44. The van der Waals surface area contributed by atoms with Crippen LogP contribution in [0.5, 0.6) is 0 Å². The van der Waals surface area contributed by atoms with Crippen molar-refractivity contribution in [2.75, 3.05) is 59.5 Å². The van der Waals surface area contributed by atoms with Gasteiger partial charge in [0.25, 0.3) is 0 Å². The average Bonchev–Trinajstić information content (AvgIpc) is 3.29. The summed E-state index contributed by atoms with van der Waals surface area (Å²) in [5.74, 6) is 3.42. The molecular formula is C18H33IN6O2. The molecule has 1 atom stereocenters. The maximum atomic E-state index is 5.44. The zero-order valence-corrected chi connectivity index (χ0v) is 19.0. The zero-order valence-electron chi connectivity index (χ0n) is 16.7. The highest BCUT2D eigenvalue weighted by molar-refractivity contribution is 14.0. The van der Waals surface area contributed by atoms with Crippen LogP contribution < -0.4 is 5.32 Å². The number of hydrogen-bond donors (Lipinski definition) is 1. The first-order valence-electron chi connectivity index (χ1n) is 9.74. The number of aromatic nitrogens is 2. The molecule has 2 saturated heterocycles. The smallest absolute Gasteiger partial charge is 0.228 e. The predicted molar refractivity (Wildman–Crippen MR) is 116 cm³/mol. The monoisotopic (exact) mass is 492 g/mol. The summed E-state index contributed by atoms with van der Waals surface area (Å²) in [5, 5.41) is 7.45. The van der Waals surface area contributed by atoms with Gasteiger partial charge in [-0.2, -0.15) is 4.98 Å². The van der Waals surface area contributed by atoms with E-state index in [1.54, 1.807) is 0 Å². The molecule has 8 nitrogen and oxygen atoms in total. The largest absolute Gasteiger partial charge is 0.379 e. The van der Waals surface area contributed by atoms with Gasteiger partial charge in [-0.3, -0.25) is 9.89 Å². The molecule has 0 radical (unpaired) electrons. The van der Waals surface area contributed by atoms with Crippen molar-refractivity contribution in [2.45, 2.75) is 32.6 Å². The normalized spacial score (nSPS) is 21.6. The van der Waals surface area contributed by atoms with E-state index in [0.29, 0.717) is 24.1 Å². The Kier molecular flexibility index (Phi) is 9.24. The third-order valence-electron chi connectivity index (χ3n) is 5.04. The molecule has 27 heavy (non-hydrogen) atoms. The van der Waals surface area contributed by atoms with Gasteiger partial charge in [0.1, 0.15) is 0 Å². The molecule has 1 aromatic heterocycles. The molecule has 3 rings (SSSR count). The van der Waals surface area contributed by atoms with E-state index in [2.05, 4.69) is 44.1 Å². The summed E-state index contributed by atoms with van der Waals surface area (Å²) < 4.78 is 10.7. The molecule has 2 aliphatic rings. The molecule has 0 bridgehead atoms. The predicted octanol–water partition coefficient (Wildman–Crippen LogP) is 1.58. The second-order valence-electron chi connectivity index (χ2n) is 7.44. The van der Waals surface area contributed by atoms with Crippen LogP contribution in [-0.4, -0.2) is 85.4 Å². The molecule has 0 aliphatic carbocycles. The zero-order chi connectivity index (χ0) is 18.4. The summed E-state index contributed by atoms with van der Waals surface area (Å²) in [6, 6.07) is 0. The highest BCUT2D eigenvalue weighted by Gasteiger charge is 2.27. The second kappa shape index (κ2) is 11.2. The van der Waals surface area contributed by atoms with E-state index in [9.17, 15) is 0 Å². The third-order valence-corrected chi connectivity index (χ3v) is 5.04. The standard InChI is InChI=1S/C18H32N6O2.HI/c1-14(2)17-21-16(26-22-17)4-6-20-18(19-3)24-7-5-15(13-24)12-23-8-10-25-11-9-23;/h14-15H,4-13H2,1-3H3,(H,19,20);1H. The number of nitrogens with zero attached hydrogens (tertiary/aromatic N) is 5. The van der Waals surface area contributed by atoms with Crippen LogP contribution in [0.25, 0.3) is 0 Å². The molecular weight excluding hydrogens is 459 g/mol. The minimum atomic E-state index is 0. The summed E-state index contributed by atoms with van der Waals surface area (Å²) in [7, 11) is 1.85. The van der Waals surface area contributed by atoms with Crippen LogP contribution in [0.3, 0.4) is 0 Å². The minimum Gasteiger partial charge on any atom is -0.379 e. The number of aliphatic imine (C=N–C) groups is 1. The first kappa shape index (κ1) is 22.4. The topological polar surface area (TPSA) is 79.0 Å². The number of nitrogens with one attached hydrogen (secondary N) is 1. The third kappa shape index (κ3) is 6.56. The van der Waals surface area contributed by atoms with E-state index >= 15 is 0 Å². The van der Waals surface area contributed by atoms with Gasteiger partial charge >= 0.3 is 0 Å². The number of rotatable bonds is 6. The van der Waals surface area contributed by atoms with E-state index in [0.717, 1.165) is 64.3 Å². The summed E-state index contributed by atoms with van der Waals surface area (Å²) in [6.45, 7) is 12.0. The number of ether oxygens (including phenoxy) is 1. The van der Waals surface area contributed by atoms with E-state index < -0.39 is 0 Å². The lowest BCUT2D eigenvalue weighted by atomic mass is 10.1. The first-order chi connectivity index (χ1) is 12.7. The van der Waals surface area contributed by atoms with Gasteiger partial charge in [0.2, 0.25) is 5.89 Å². The minimum absolute atomic E-state index is 0. The molecule has 154 valence electrons. The van der Waals surface area contributed by atoms with Crippen molar-refractivity contribution in [3.63, 3.8) is 0 Å². The van der Waals surface area contributed by atoms with Crippen LogP contribution >= 0.6 is 24.0 Å². The summed E-state index contributed by atoms with van der Waals surface area (Å²) in [5.41, 5.74) is 0. The molecule has 2 aliphatic heterocycles. The van der Waals surface area contributed by atoms with Gasteiger partial charge < -0.3 is 19.5 Å². The summed E-state index contributed by atoms with van der Waals surface area (Å²) in [4.78, 5) is 13.8. The fourth-order valence-corrected chi connectivity index (χ4v) is 3.54. The number of likely N-dealkylation sites (tertiary alicyclic amines) is 1. The van der Waals surface area contributed by atoms with Crippen molar-refractivity contribution >= 4 is 29.9 Å². The molecule has 0 amide bonds. The Morgan fingerprint density at radius 3 is 2.74 bits per heavy atom. The highest BCUT2D eigenvalue weighted by Crippen LogP contribution is 2.18. The van der Waals surface area contributed by atoms with Crippen molar-refractivity contribution in [2.24, 2.45) is 10.9 Å². The van der Waals surface area contributed by atoms with Crippen molar-refractivity contribution in [3.05, 3.63) is 11.7 Å². The molecule has 0 saturated carbocycles. The van der Waals surface area contributed by atoms with Gasteiger partial charge in [-0.15, -0.1) is 24.0 Å². The Labute approximate surface area is 179 Å². The van der Waals surface area contributed by atoms with Crippen molar-refractivity contribution in [1.82, 2.24) is 25.3 Å². The molecule has 1 aromatic rings. The molecule has 1 unspecified atom stereocenters. The van der Waals surface area contributed by atoms with Crippen LogP contribution in [-0.2, 0) is 11.2 Å². The number of halogens is 1. The van der Waals surface area contributed by atoms with E-state index in [1.807, 2.05) is 7.05 Å². The summed E-state index contributed by atoms with van der Waals surface area (Å²) in [6.07, 6.45) is 1.93. The highest BCUT2D eigenvalue weighted by atomic mass is 127. The summed E-state index contributed by atoms with van der Waals surface area (Å²) >= 11 is 0. The Morgan fingerprint density at radius 1 is 1.30 bits per heavy atom. The van der Waals surface area contributed by atoms with E-state index in [1.165, 1.54) is 6.42 Å². The number of guanidine groups is 1. The van der Waals surface area contributed by atoms with E-state index in [4.69, 9.17) is 9.26 Å². The van der Waals surface area contributed by atoms with Crippen LogP contribution in [0, 0.1) is 5.92 Å². The Balaban J connectivity index is 0.00000261. The average molecular weight is 492 g/mol. The van der Waals surface area contributed by atoms with Gasteiger partial charge in [-0.25, -0.2) is 0 Å². The fraction of sp³-hybridized carbons (Fsp3) is 0.833. The molecule has 0 aromatic carbocycles. The van der Waals surface area contributed by atoms with Gasteiger partial charge in [-0.05, 0) is 12.3 Å². The first-order valence-corrected chi connectivity index (χ1v) is 9.74.